The Balaban J connectivity index is 3.78. The third-order valence-electron chi connectivity index (χ3n) is 2.95. The number of nitrogens with one attached hydrogen (secondary N) is 2. The molecule has 2 heteroatoms. The van der Waals surface area contributed by atoms with E-state index in [0.29, 0.717) is 11.6 Å². The van der Waals surface area contributed by atoms with Crippen LogP contribution in [-0.2, 0) is 0 Å². The second-order valence-corrected chi connectivity index (χ2v) is 4.73. The summed E-state index contributed by atoms with van der Waals surface area (Å²) in [7, 11) is 2.02. The van der Waals surface area contributed by atoms with Crippen LogP contribution in [0.3, 0.4) is 0 Å². The molecule has 0 fully saturated rings. The van der Waals surface area contributed by atoms with Crippen LogP contribution in [0.5, 0.6) is 0 Å². The van der Waals surface area contributed by atoms with Crippen LogP contribution in [0.2, 0.25) is 0 Å². The minimum atomic E-state index is 0.292. The van der Waals surface area contributed by atoms with E-state index in [-0.39, 0.29) is 0 Å². The van der Waals surface area contributed by atoms with Crippen LogP contribution in [0, 0.1) is 0 Å². The van der Waals surface area contributed by atoms with Gasteiger partial charge in [-0.25, -0.2) is 0 Å². The third kappa shape index (κ3) is 6.39. The summed E-state index contributed by atoms with van der Waals surface area (Å²) in [6.45, 7) is 10.2. The van der Waals surface area contributed by atoms with Gasteiger partial charge in [-0.2, -0.15) is 0 Å². The van der Waals surface area contributed by atoms with E-state index in [1.54, 1.807) is 0 Å². The Morgan fingerprint density at radius 3 is 2.29 bits per heavy atom. The van der Waals surface area contributed by atoms with Gasteiger partial charge in [0, 0.05) is 11.6 Å². The van der Waals surface area contributed by atoms with E-state index < -0.39 is 0 Å². The van der Waals surface area contributed by atoms with Gasteiger partial charge in [0.1, 0.15) is 0 Å². The summed E-state index contributed by atoms with van der Waals surface area (Å²) in [5.74, 6) is 0. The summed E-state index contributed by atoms with van der Waals surface area (Å²) in [5.41, 5.74) is 0.292. The molecule has 2 N–H and O–H groups in total. The minimum absolute atomic E-state index is 0.292. The molecule has 0 aliphatic rings. The molecule has 0 rings (SSSR count). The highest BCUT2D eigenvalue weighted by atomic mass is 15.0. The summed E-state index contributed by atoms with van der Waals surface area (Å²) >= 11 is 0. The van der Waals surface area contributed by atoms with Crippen molar-refractivity contribution in [2.75, 3.05) is 13.6 Å². The molecule has 86 valence electrons. The lowest BCUT2D eigenvalue weighted by atomic mass is 9.98. The van der Waals surface area contributed by atoms with E-state index in [9.17, 15) is 0 Å². The standard InChI is InChI=1S/C12H28N2/c1-6-11(9-8-10-13-5)14-12(3,4)7-2/h11,13-14H,6-10H2,1-5H3. The Bertz CT molecular complexity index is 132. The Hall–Kier alpha value is -0.0800. The molecule has 2 nitrogen and oxygen atoms in total. The van der Waals surface area contributed by atoms with E-state index in [2.05, 4.69) is 38.3 Å². The first kappa shape index (κ1) is 13.9. The zero-order valence-corrected chi connectivity index (χ0v) is 10.6. The molecule has 0 aromatic carbocycles. The lowest BCUT2D eigenvalue weighted by Crippen LogP contribution is -2.45. The lowest BCUT2D eigenvalue weighted by molar-refractivity contribution is 0.304. The molecule has 0 aromatic rings. The Labute approximate surface area is 89.9 Å². The molecule has 0 bridgehead atoms. The van der Waals surface area contributed by atoms with Crippen LogP contribution >= 0.6 is 0 Å². The van der Waals surface area contributed by atoms with Crippen molar-refractivity contribution in [2.24, 2.45) is 0 Å². The molecule has 0 amide bonds. The van der Waals surface area contributed by atoms with Gasteiger partial charge in [0.05, 0.1) is 0 Å². The van der Waals surface area contributed by atoms with Crippen LogP contribution in [0.25, 0.3) is 0 Å². The average molecular weight is 200 g/mol. The molecule has 0 heterocycles. The van der Waals surface area contributed by atoms with Crippen LogP contribution in [0.1, 0.15) is 53.4 Å². The van der Waals surface area contributed by atoms with Gasteiger partial charge in [0.15, 0.2) is 0 Å². The van der Waals surface area contributed by atoms with Crippen molar-refractivity contribution in [1.82, 2.24) is 10.6 Å². The van der Waals surface area contributed by atoms with Crippen molar-refractivity contribution in [3.63, 3.8) is 0 Å². The van der Waals surface area contributed by atoms with Crippen molar-refractivity contribution in [2.45, 2.75) is 65.0 Å². The Morgan fingerprint density at radius 2 is 1.86 bits per heavy atom. The molecule has 0 aromatic heterocycles. The van der Waals surface area contributed by atoms with Crippen molar-refractivity contribution in [3.8, 4) is 0 Å². The van der Waals surface area contributed by atoms with Gasteiger partial charge in [0.25, 0.3) is 0 Å². The van der Waals surface area contributed by atoms with Crippen molar-refractivity contribution >= 4 is 0 Å². The number of hydrogen-bond donors (Lipinski definition) is 2. The summed E-state index contributed by atoms with van der Waals surface area (Å²) in [4.78, 5) is 0. The Morgan fingerprint density at radius 1 is 1.21 bits per heavy atom. The second-order valence-electron chi connectivity index (χ2n) is 4.73. The van der Waals surface area contributed by atoms with Gasteiger partial charge in [-0.1, -0.05) is 13.8 Å². The van der Waals surface area contributed by atoms with E-state index in [0.717, 1.165) is 6.54 Å². The molecule has 0 saturated heterocycles. The first-order valence-corrected chi connectivity index (χ1v) is 5.98. The smallest absolute Gasteiger partial charge is 0.0125 e. The first-order chi connectivity index (χ1) is 6.55. The largest absolute Gasteiger partial charge is 0.320 e. The predicted molar refractivity (Wildman–Crippen MR) is 64.7 cm³/mol. The molecule has 0 radical (unpaired) electrons. The van der Waals surface area contributed by atoms with Crippen molar-refractivity contribution in [1.29, 1.82) is 0 Å². The molecule has 0 spiro atoms. The normalized spacial score (nSPS) is 14.4. The average Bonchev–Trinajstić information content (AvgIpc) is 2.16. The fourth-order valence-electron chi connectivity index (χ4n) is 1.56. The highest BCUT2D eigenvalue weighted by Crippen LogP contribution is 2.12. The van der Waals surface area contributed by atoms with Crippen LogP contribution in [0.15, 0.2) is 0 Å². The van der Waals surface area contributed by atoms with Crippen molar-refractivity contribution < 1.29 is 0 Å². The fraction of sp³-hybridized carbons (Fsp3) is 1.00. The molecule has 1 unspecified atom stereocenters. The molecule has 0 aliphatic heterocycles. The molecule has 0 aliphatic carbocycles. The quantitative estimate of drug-likeness (QED) is 0.588. The lowest BCUT2D eigenvalue weighted by Gasteiger charge is -2.30. The summed E-state index contributed by atoms with van der Waals surface area (Å²) in [6.07, 6.45) is 4.96. The second kappa shape index (κ2) is 7.24. The van der Waals surface area contributed by atoms with Crippen LogP contribution in [-0.4, -0.2) is 25.2 Å². The summed E-state index contributed by atoms with van der Waals surface area (Å²) < 4.78 is 0. The molecule has 14 heavy (non-hydrogen) atoms. The van der Waals surface area contributed by atoms with Crippen LogP contribution in [0.4, 0.5) is 0 Å². The van der Waals surface area contributed by atoms with Crippen molar-refractivity contribution in [3.05, 3.63) is 0 Å². The van der Waals surface area contributed by atoms with Gasteiger partial charge >= 0.3 is 0 Å². The first-order valence-electron chi connectivity index (χ1n) is 5.98. The summed E-state index contributed by atoms with van der Waals surface area (Å²) in [6, 6.07) is 0.679. The number of rotatable bonds is 8. The SMILES string of the molecule is CCC(CCCNC)NC(C)(C)CC. The zero-order valence-electron chi connectivity index (χ0n) is 10.6. The maximum absolute atomic E-state index is 3.72. The van der Waals surface area contributed by atoms with Gasteiger partial charge in [-0.05, 0) is 53.1 Å². The predicted octanol–water partition coefficient (Wildman–Crippen LogP) is 2.54. The molecular formula is C12H28N2. The van der Waals surface area contributed by atoms with E-state index in [1.807, 2.05) is 7.05 Å². The van der Waals surface area contributed by atoms with E-state index in [1.165, 1.54) is 25.7 Å². The van der Waals surface area contributed by atoms with E-state index in [4.69, 9.17) is 0 Å². The van der Waals surface area contributed by atoms with Gasteiger partial charge in [-0.15, -0.1) is 0 Å². The van der Waals surface area contributed by atoms with Gasteiger partial charge < -0.3 is 10.6 Å². The monoisotopic (exact) mass is 200 g/mol. The maximum atomic E-state index is 3.72. The Kier molecular flexibility index (Phi) is 7.20. The zero-order chi connectivity index (χ0) is 11.0. The molecular weight excluding hydrogens is 172 g/mol. The minimum Gasteiger partial charge on any atom is -0.320 e. The maximum Gasteiger partial charge on any atom is 0.0125 e. The molecule has 0 saturated carbocycles. The van der Waals surface area contributed by atoms with Gasteiger partial charge in [-0.3, -0.25) is 0 Å². The summed E-state index contributed by atoms with van der Waals surface area (Å²) in [5, 5.41) is 6.92. The molecule has 1 atom stereocenters. The highest BCUT2D eigenvalue weighted by Gasteiger charge is 2.18. The topological polar surface area (TPSA) is 24.1 Å². The third-order valence-corrected chi connectivity index (χ3v) is 2.95. The fourth-order valence-corrected chi connectivity index (χ4v) is 1.56. The van der Waals surface area contributed by atoms with Crippen LogP contribution < -0.4 is 10.6 Å². The highest BCUT2D eigenvalue weighted by molar-refractivity contribution is 4.80. The number of hydrogen-bond acceptors (Lipinski definition) is 2. The van der Waals surface area contributed by atoms with E-state index >= 15 is 0 Å². The van der Waals surface area contributed by atoms with Gasteiger partial charge in [0.2, 0.25) is 0 Å².